The molecule has 1 aliphatic carbocycles. The van der Waals surface area contributed by atoms with Gasteiger partial charge in [0.1, 0.15) is 0 Å². The van der Waals surface area contributed by atoms with E-state index in [0.717, 1.165) is 31.2 Å². The summed E-state index contributed by atoms with van der Waals surface area (Å²) in [5, 5.41) is 0. The van der Waals surface area contributed by atoms with Crippen molar-refractivity contribution in [3.63, 3.8) is 0 Å². The molecule has 0 saturated heterocycles. The summed E-state index contributed by atoms with van der Waals surface area (Å²) in [5.41, 5.74) is 0. The molecule has 22 heavy (non-hydrogen) atoms. The lowest BCUT2D eigenvalue weighted by Gasteiger charge is -2.35. The summed E-state index contributed by atoms with van der Waals surface area (Å²) in [4.78, 5) is 15.3. The van der Waals surface area contributed by atoms with Gasteiger partial charge in [-0.2, -0.15) is 0 Å². The molecule has 0 aromatic carbocycles. The maximum atomic E-state index is 13.1. The van der Waals surface area contributed by atoms with Gasteiger partial charge < -0.3 is 4.90 Å². The van der Waals surface area contributed by atoms with E-state index in [9.17, 15) is 4.79 Å². The van der Waals surface area contributed by atoms with Crippen LogP contribution in [-0.2, 0) is 4.79 Å². The SMILES string of the molecule is CC(C)CCCN(C(=O)C1CCCCC(C)CC1C)C(C)C. The van der Waals surface area contributed by atoms with Gasteiger partial charge in [0.25, 0.3) is 0 Å². The maximum absolute atomic E-state index is 13.1. The van der Waals surface area contributed by atoms with E-state index in [-0.39, 0.29) is 5.92 Å². The molecule has 0 radical (unpaired) electrons. The number of nitrogens with zero attached hydrogens (tertiary/aromatic N) is 1. The van der Waals surface area contributed by atoms with Crippen LogP contribution < -0.4 is 0 Å². The third-order valence-electron chi connectivity index (χ3n) is 5.33. The van der Waals surface area contributed by atoms with E-state index in [1.54, 1.807) is 0 Å². The van der Waals surface area contributed by atoms with Crippen molar-refractivity contribution in [2.75, 3.05) is 6.54 Å². The molecule has 1 aliphatic rings. The second-order valence-corrected chi connectivity index (χ2v) is 8.37. The average molecular weight is 310 g/mol. The van der Waals surface area contributed by atoms with Crippen LogP contribution in [0.25, 0.3) is 0 Å². The van der Waals surface area contributed by atoms with Crippen molar-refractivity contribution < 1.29 is 4.79 Å². The number of hydrogen-bond acceptors (Lipinski definition) is 1. The first-order valence-electron chi connectivity index (χ1n) is 9.63. The third-order valence-corrected chi connectivity index (χ3v) is 5.33. The van der Waals surface area contributed by atoms with Gasteiger partial charge in [-0.05, 0) is 57.3 Å². The Labute approximate surface area is 139 Å². The normalized spacial score (nSPS) is 26.8. The van der Waals surface area contributed by atoms with Gasteiger partial charge in [0.05, 0.1) is 0 Å². The molecule has 3 atom stereocenters. The molecule has 0 bridgehead atoms. The molecular formula is C20H39NO. The molecule has 3 unspecified atom stereocenters. The molecular weight excluding hydrogens is 270 g/mol. The Hall–Kier alpha value is -0.530. The largest absolute Gasteiger partial charge is 0.340 e. The molecule has 1 fully saturated rings. The van der Waals surface area contributed by atoms with E-state index >= 15 is 0 Å². The first-order valence-corrected chi connectivity index (χ1v) is 9.63. The van der Waals surface area contributed by atoms with Crippen molar-refractivity contribution in [2.45, 2.75) is 92.5 Å². The van der Waals surface area contributed by atoms with E-state index in [4.69, 9.17) is 0 Å². The predicted octanol–water partition coefficient (Wildman–Crippen LogP) is 5.51. The Morgan fingerprint density at radius 3 is 2.32 bits per heavy atom. The highest BCUT2D eigenvalue weighted by molar-refractivity contribution is 5.79. The number of carbonyl (C=O) groups is 1. The van der Waals surface area contributed by atoms with Gasteiger partial charge in [-0.15, -0.1) is 0 Å². The van der Waals surface area contributed by atoms with Crippen molar-refractivity contribution in [3.8, 4) is 0 Å². The highest BCUT2D eigenvalue weighted by Crippen LogP contribution is 2.32. The average Bonchev–Trinajstić information content (AvgIpc) is 2.40. The van der Waals surface area contributed by atoms with Crippen LogP contribution in [0.3, 0.4) is 0 Å². The second-order valence-electron chi connectivity index (χ2n) is 8.37. The lowest BCUT2D eigenvalue weighted by atomic mass is 9.78. The fraction of sp³-hybridized carbons (Fsp3) is 0.950. The van der Waals surface area contributed by atoms with Crippen molar-refractivity contribution in [2.24, 2.45) is 23.7 Å². The van der Waals surface area contributed by atoms with Gasteiger partial charge in [-0.3, -0.25) is 4.79 Å². The number of carbonyl (C=O) groups excluding carboxylic acids is 1. The van der Waals surface area contributed by atoms with E-state index in [0.29, 0.717) is 17.9 Å². The van der Waals surface area contributed by atoms with Gasteiger partial charge in [-0.25, -0.2) is 0 Å². The molecule has 0 aromatic rings. The quantitative estimate of drug-likeness (QED) is 0.633. The highest BCUT2D eigenvalue weighted by Gasteiger charge is 2.31. The number of rotatable bonds is 6. The van der Waals surface area contributed by atoms with Gasteiger partial charge in [0, 0.05) is 18.5 Å². The van der Waals surface area contributed by atoms with E-state index in [1.165, 1.54) is 32.1 Å². The molecule has 0 aliphatic heterocycles. The Morgan fingerprint density at radius 1 is 1.09 bits per heavy atom. The molecule has 0 spiro atoms. The summed E-state index contributed by atoms with van der Waals surface area (Å²) >= 11 is 0. The second kappa shape index (κ2) is 9.57. The first kappa shape index (κ1) is 19.5. The summed E-state index contributed by atoms with van der Waals surface area (Å²) in [7, 11) is 0. The minimum absolute atomic E-state index is 0.254. The standard InChI is InChI=1S/C20H39NO/c1-15(2)10-9-13-21(16(3)4)20(22)19-12-8-7-11-17(5)14-18(19)6/h15-19H,7-14H2,1-6H3. The minimum atomic E-state index is 0.254. The monoisotopic (exact) mass is 309 g/mol. The van der Waals surface area contributed by atoms with Gasteiger partial charge >= 0.3 is 0 Å². The lowest BCUT2D eigenvalue weighted by Crippen LogP contribution is -2.43. The zero-order chi connectivity index (χ0) is 16.7. The highest BCUT2D eigenvalue weighted by atomic mass is 16.2. The summed E-state index contributed by atoms with van der Waals surface area (Å²) in [5.74, 6) is 2.73. The van der Waals surface area contributed by atoms with E-state index < -0.39 is 0 Å². The molecule has 0 N–H and O–H groups in total. The van der Waals surface area contributed by atoms with Crippen LogP contribution in [-0.4, -0.2) is 23.4 Å². The summed E-state index contributed by atoms with van der Waals surface area (Å²) in [6.45, 7) is 14.5. The van der Waals surface area contributed by atoms with Crippen molar-refractivity contribution in [1.82, 2.24) is 4.90 Å². The smallest absolute Gasteiger partial charge is 0.226 e. The van der Waals surface area contributed by atoms with Crippen LogP contribution in [0.15, 0.2) is 0 Å². The third kappa shape index (κ3) is 6.30. The number of hydrogen-bond donors (Lipinski definition) is 0. The van der Waals surface area contributed by atoms with Crippen LogP contribution >= 0.6 is 0 Å². The molecule has 0 aromatic heterocycles. The van der Waals surface area contributed by atoms with Crippen molar-refractivity contribution >= 4 is 5.91 Å². The fourth-order valence-electron chi connectivity index (χ4n) is 3.93. The molecule has 0 heterocycles. The molecule has 2 nitrogen and oxygen atoms in total. The molecule has 1 amide bonds. The van der Waals surface area contributed by atoms with Crippen LogP contribution in [0.4, 0.5) is 0 Å². The molecule has 130 valence electrons. The molecule has 2 heteroatoms. The van der Waals surface area contributed by atoms with Crippen LogP contribution in [0.2, 0.25) is 0 Å². The number of amides is 1. The Balaban J connectivity index is 2.69. The first-order chi connectivity index (χ1) is 10.3. The summed E-state index contributed by atoms with van der Waals surface area (Å²) in [6.07, 6.45) is 8.53. The Morgan fingerprint density at radius 2 is 1.73 bits per heavy atom. The lowest BCUT2D eigenvalue weighted by molar-refractivity contribution is -0.139. The van der Waals surface area contributed by atoms with Crippen molar-refractivity contribution in [3.05, 3.63) is 0 Å². The molecule has 1 saturated carbocycles. The fourth-order valence-corrected chi connectivity index (χ4v) is 3.93. The summed E-state index contributed by atoms with van der Waals surface area (Å²) in [6, 6.07) is 0.328. The minimum Gasteiger partial charge on any atom is -0.340 e. The van der Waals surface area contributed by atoms with E-state index in [2.05, 4.69) is 46.4 Å². The zero-order valence-electron chi connectivity index (χ0n) is 15.9. The van der Waals surface area contributed by atoms with Gasteiger partial charge in [0.2, 0.25) is 5.91 Å². The Bertz CT molecular complexity index is 324. The topological polar surface area (TPSA) is 20.3 Å². The van der Waals surface area contributed by atoms with Crippen LogP contribution in [0.5, 0.6) is 0 Å². The Kier molecular flexibility index (Phi) is 8.49. The summed E-state index contributed by atoms with van der Waals surface area (Å²) < 4.78 is 0. The van der Waals surface area contributed by atoms with Crippen LogP contribution in [0.1, 0.15) is 86.5 Å². The molecule has 1 rings (SSSR count). The van der Waals surface area contributed by atoms with Crippen molar-refractivity contribution in [1.29, 1.82) is 0 Å². The maximum Gasteiger partial charge on any atom is 0.226 e. The van der Waals surface area contributed by atoms with Gasteiger partial charge in [0.15, 0.2) is 0 Å². The predicted molar refractivity (Wildman–Crippen MR) is 95.8 cm³/mol. The zero-order valence-corrected chi connectivity index (χ0v) is 15.9. The van der Waals surface area contributed by atoms with Gasteiger partial charge in [-0.1, -0.05) is 47.0 Å². The van der Waals surface area contributed by atoms with Crippen LogP contribution in [0, 0.1) is 23.7 Å². The van der Waals surface area contributed by atoms with E-state index in [1.807, 2.05) is 0 Å².